The second kappa shape index (κ2) is 7.99. The van der Waals surface area contributed by atoms with E-state index in [0.717, 1.165) is 22.9 Å². The van der Waals surface area contributed by atoms with Gasteiger partial charge in [-0.25, -0.2) is 0 Å². The van der Waals surface area contributed by atoms with Gasteiger partial charge in [-0.15, -0.1) is 0 Å². The van der Waals surface area contributed by atoms with E-state index in [1.807, 2.05) is 38.8 Å². The zero-order chi connectivity index (χ0) is 19.5. The van der Waals surface area contributed by atoms with Gasteiger partial charge in [0.1, 0.15) is 11.5 Å². The van der Waals surface area contributed by atoms with Crippen molar-refractivity contribution in [1.82, 2.24) is 0 Å². The van der Waals surface area contributed by atoms with E-state index in [4.69, 9.17) is 16.3 Å². The first kappa shape index (κ1) is 20.1. The van der Waals surface area contributed by atoms with Gasteiger partial charge in [-0.05, 0) is 56.2 Å². The second-order valence-electron chi connectivity index (χ2n) is 5.85. The van der Waals surface area contributed by atoms with Gasteiger partial charge >= 0.3 is 6.18 Å². The maximum Gasteiger partial charge on any atom is 0.417 e. The van der Waals surface area contributed by atoms with Crippen LogP contribution >= 0.6 is 11.6 Å². The van der Waals surface area contributed by atoms with Crippen LogP contribution in [0.15, 0.2) is 35.3 Å². The molecule has 0 fully saturated rings. The number of alkyl halides is 3. The summed E-state index contributed by atoms with van der Waals surface area (Å²) in [6.07, 6.45) is -2.81. The Labute approximate surface area is 156 Å². The molecule has 0 aromatic heterocycles. The van der Waals surface area contributed by atoms with Gasteiger partial charge in [-0.1, -0.05) is 17.7 Å². The number of aliphatic imine (C=N–C) groups is 1. The summed E-state index contributed by atoms with van der Waals surface area (Å²) < 4.78 is 44.7. The molecule has 7 heteroatoms. The largest absolute Gasteiger partial charge is 0.456 e. The molecular weight excluding hydrogens is 365 g/mol. The van der Waals surface area contributed by atoms with Crippen LogP contribution in [0.2, 0.25) is 5.02 Å². The minimum absolute atomic E-state index is 0.0300. The van der Waals surface area contributed by atoms with E-state index in [-0.39, 0.29) is 5.75 Å². The molecule has 0 bridgehead atoms. The van der Waals surface area contributed by atoms with Crippen molar-refractivity contribution in [1.29, 1.82) is 0 Å². The molecule has 0 aliphatic heterocycles. The summed E-state index contributed by atoms with van der Waals surface area (Å²) in [7, 11) is 1.88. The highest BCUT2D eigenvalue weighted by Crippen LogP contribution is 2.41. The van der Waals surface area contributed by atoms with Gasteiger partial charge in [0.05, 0.1) is 16.9 Å². The van der Waals surface area contributed by atoms with Crippen molar-refractivity contribution in [3.05, 3.63) is 52.0 Å². The quantitative estimate of drug-likeness (QED) is 0.449. The van der Waals surface area contributed by atoms with Crippen LogP contribution in [-0.4, -0.2) is 19.9 Å². The molecule has 0 N–H and O–H groups in total. The Balaban J connectivity index is 2.37. The minimum Gasteiger partial charge on any atom is -0.456 e. The van der Waals surface area contributed by atoms with Crippen LogP contribution in [0.5, 0.6) is 11.5 Å². The lowest BCUT2D eigenvalue weighted by Gasteiger charge is -2.20. The fourth-order valence-corrected chi connectivity index (χ4v) is 2.73. The molecule has 0 heterocycles. The van der Waals surface area contributed by atoms with Crippen LogP contribution < -0.4 is 9.64 Å². The highest BCUT2D eigenvalue weighted by Gasteiger charge is 2.34. The molecule has 0 aliphatic rings. The first-order valence-electron chi connectivity index (χ1n) is 8.02. The molecule has 2 rings (SSSR count). The van der Waals surface area contributed by atoms with E-state index in [1.165, 1.54) is 12.1 Å². The van der Waals surface area contributed by atoms with Gasteiger partial charge in [0.15, 0.2) is 0 Å². The molecule has 0 saturated heterocycles. The van der Waals surface area contributed by atoms with Crippen molar-refractivity contribution in [2.75, 3.05) is 18.5 Å². The predicted molar refractivity (Wildman–Crippen MR) is 99.9 cm³/mol. The van der Waals surface area contributed by atoms with E-state index < -0.39 is 16.8 Å². The number of aryl methyl sites for hydroxylation is 2. The van der Waals surface area contributed by atoms with Gasteiger partial charge in [0.25, 0.3) is 0 Å². The van der Waals surface area contributed by atoms with E-state index in [1.54, 1.807) is 12.4 Å². The molecule has 0 amide bonds. The summed E-state index contributed by atoms with van der Waals surface area (Å²) in [5.41, 5.74) is 1.69. The summed E-state index contributed by atoms with van der Waals surface area (Å²) in [6.45, 7) is 6.34. The minimum atomic E-state index is -4.54. The topological polar surface area (TPSA) is 24.8 Å². The highest BCUT2D eigenvalue weighted by molar-refractivity contribution is 6.32. The molecular formula is C19H20ClF3N2O. The molecule has 3 nitrogen and oxygen atoms in total. The first-order chi connectivity index (χ1) is 12.1. The van der Waals surface area contributed by atoms with Crippen LogP contribution in [0.4, 0.5) is 18.9 Å². The van der Waals surface area contributed by atoms with Crippen molar-refractivity contribution in [3.8, 4) is 11.5 Å². The summed E-state index contributed by atoms with van der Waals surface area (Å²) >= 11 is 5.90. The van der Waals surface area contributed by atoms with E-state index in [2.05, 4.69) is 4.99 Å². The number of hydrogen-bond donors (Lipinski definition) is 0. The molecule has 140 valence electrons. The predicted octanol–water partition coefficient (Wildman–Crippen LogP) is 6.25. The number of halogens is 4. The molecule has 0 aliphatic carbocycles. The third-order valence-electron chi connectivity index (χ3n) is 3.80. The van der Waals surface area contributed by atoms with E-state index in [0.29, 0.717) is 12.3 Å². The molecule has 0 spiro atoms. The van der Waals surface area contributed by atoms with Gasteiger partial charge in [-0.2, -0.15) is 13.2 Å². The number of rotatable bonds is 5. The summed E-state index contributed by atoms with van der Waals surface area (Å²) in [6, 6.07) is 7.29. The van der Waals surface area contributed by atoms with Crippen LogP contribution in [0.25, 0.3) is 0 Å². The number of hydrogen-bond acceptors (Lipinski definition) is 2. The Morgan fingerprint density at radius 1 is 1.15 bits per heavy atom. The number of nitrogens with zero attached hydrogens (tertiary/aromatic N) is 2. The first-order valence-corrected chi connectivity index (χ1v) is 8.40. The van der Waals surface area contributed by atoms with Crippen molar-refractivity contribution in [3.63, 3.8) is 0 Å². The Kier molecular flexibility index (Phi) is 6.18. The number of anilines is 1. The van der Waals surface area contributed by atoms with Gasteiger partial charge < -0.3 is 9.64 Å². The summed E-state index contributed by atoms with van der Waals surface area (Å²) in [4.78, 5) is 6.08. The average Bonchev–Trinajstić information content (AvgIpc) is 2.56. The Bertz CT molecular complexity index is 819. The van der Waals surface area contributed by atoms with Gasteiger partial charge in [-0.3, -0.25) is 4.99 Å². The monoisotopic (exact) mass is 384 g/mol. The molecule has 0 unspecified atom stereocenters. The maximum atomic E-state index is 13.0. The lowest BCUT2D eigenvalue weighted by atomic mass is 10.1. The van der Waals surface area contributed by atoms with Crippen LogP contribution in [0, 0.1) is 13.8 Å². The molecule has 0 saturated carbocycles. The zero-order valence-corrected chi connectivity index (χ0v) is 15.7. The third kappa shape index (κ3) is 4.49. The smallest absolute Gasteiger partial charge is 0.417 e. The van der Waals surface area contributed by atoms with E-state index in [9.17, 15) is 13.2 Å². The van der Waals surface area contributed by atoms with Gasteiger partial charge in [0.2, 0.25) is 0 Å². The number of ether oxygens (including phenoxy) is 1. The molecule has 0 radical (unpaired) electrons. The molecule has 2 aromatic carbocycles. The van der Waals surface area contributed by atoms with Crippen molar-refractivity contribution in [2.24, 2.45) is 4.99 Å². The molecule has 0 atom stereocenters. The number of benzene rings is 2. The van der Waals surface area contributed by atoms with Crippen molar-refractivity contribution >= 4 is 23.6 Å². The van der Waals surface area contributed by atoms with Crippen molar-refractivity contribution in [2.45, 2.75) is 26.9 Å². The highest BCUT2D eigenvalue weighted by atomic mass is 35.5. The molecule has 2 aromatic rings. The second-order valence-corrected chi connectivity index (χ2v) is 6.22. The fourth-order valence-electron chi connectivity index (χ4n) is 2.46. The standard InChI is InChI=1S/C19H20ClF3N2O/c1-5-24-11-25(4)15-9-13(3)17(10-12(15)2)26-16-8-6-7-14(18(16)20)19(21,22)23/h6-11H,5H2,1-4H3. The van der Waals surface area contributed by atoms with Crippen LogP contribution in [-0.2, 0) is 6.18 Å². The van der Waals surface area contributed by atoms with Gasteiger partial charge in [0, 0.05) is 19.3 Å². The normalized spacial score (nSPS) is 11.8. The SMILES string of the molecule is CCN=CN(C)c1cc(C)c(Oc2cccc(C(F)(F)F)c2Cl)cc1C. The van der Waals surface area contributed by atoms with E-state index >= 15 is 0 Å². The lowest BCUT2D eigenvalue weighted by Crippen LogP contribution is -2.16. The lowest BCUT2D eigenvalue weighted by molar-refractivity contribution is -0.137. The fraction of sp³-hybridized carbons (Fsp3) is 0.316. The Morgan fingerprint density at radius 2 is 1.85 bits per heavy atom. The van der Waals surface area contributed by atoms with Crippen LogP contribution in [0.1, 0.15) is 23.6 Å². The Morgan fingerprint density at radius 3 is 2.46 bits per heavy atom. The Hall–Kier alpha value is -2.21. The maximum absolute atomic E-state index is 13.0. The zero-order valence-electron chi connectivity index (χ0n) is 15.0. The average molecular weight is 385 g/mol. The third-order valence-corrected chi connectivity index (χ3v) is 4.19. The molecule has 26 heavy (non-hydrogen) atoms. The summed E-state index contributed by atoms with van der Waals surface area (Å²) in [5, 5.41) is -0.451. The van der Waals surface area contributed by atoms with Crippen molar-refractivity contribution < 1.29 is 17.9 Å². The summed E-state index contributed by atoms with van der Waals surface area (Å²) in [5.74, 6) is 0.422. The van der Waals surface area contributed by atoms with Crippen LogP contribution in [0.3, 0.4) is 0 Å².